The molecule has 0 fully saturated rings. The number of rotatable bonds is 9. The van der Waals surface area contributed by atoms with Gasteiger partial charge < -0.3 is 5.11 Å². The quantitative estimate of drug-likeness (QED) is 0.594. The molecule has 0 aliphatic rings. The zero-order valence-corrected chi connectivity index (χ0v) is 14.8. The molecule has 0 bridgehead atoms. The first-order valence-electron chi connectivity index (χ1n) is 7.11. The molecule has 0 aliphatic carbocycles. The summed E-state index contributed by atoms with van der Waals surface area (Å²) in [4.78, 5) is 0. The Kier molecular flexibility index (Phi) is 12.7. The SMILES string of the molecule is CCCCCCCCCCc1ccccc1O.[Nd]. The second kappa shape index (κ2) is 12.4. The Morgan fingerprint density at radius 2 is 1.39 bits per heavy atom. The van der Waals surface area contributed by atoms with E-state index in [1.54, 1.807) is 6.07 Å². The van der Waals surface area contributed by atoms with Crippen LogP contribution in [0.5, 0.6) is 5.75 Å². The average molecular weight is 379 g/mol. The summed E-state index contributed by atoms with van der Waals surface area (Å²) in [5.41, 5.74) is 1.10. The summed E-state index contributed by atoms with van der Waals surface area (Å²) in [5, 5.41) is 9.61. The van der Waals surface area contributed by atoms with E-state index in [2.05, 4.69) is 6.92 Å². The van der Waals surface area contributed by atoms with Crippen LogP contribution < -0.4 is 0 Å². The molecule has 0 amide bonds. The number of unbranched alkanes of at least 4 members (excludes halogenated alkanes) is 7. The van der Waals surface area contributed by atoms with Gasteiger partial charge in [0.05, 0.1) is 0 Å². The first-order chi connectivity index (χ1) is 8.34. The average Bonchev–Trinajstić information content (AvgIpc) is 2.35. The van der Waals surface area contributed by atoms with Crippen LogP contribution in [0.25, 0.3) is 0 Å². The van der Waals surface area contributed by atoms with Gasteiger partial charge in [-0.2, -0.15) is 0 Å². The maximum absolute atomic E-state index is 9.61. The fourth-order valence-corrected chi connectivity index (χ4v) is 2.17. The second-order valence-corrected chi connectivity index (χ2v) is 4.85. The number of hydrogen-bond acceptors (Lipinski definition) is 1. The molecule has 0 aliphatic heterocycles. The van der Waals surface area contributed by atoms with E-state index in [9.17, 15) is 5.11 Å². The fraction of sp³-hybridized carbons (Fsp3) is 0.625. The molecule has 1 nitrogen and oxygen atoms in total. The fourth-order valence-electron chi connectivity index (χ4n) is 2.17. The molecule has 1 aromatic rings. The van der Waals surface area contributed by atoms with E-state index >= 15 is 0 Å². The van der Waals surface area contributed by atoms with Crippen molar-refractivity contribution in [2.24, 2.45) is 0 Å². The van der Waals surface area contributed by atoms with Crippen molar-refractivity contribution in [3.63, 3.8) is 0 Å². The van der Waals surface area contributed by atoms with E-state index in [4.69, 9.17) is 0 Å². The maximum atomic E-state index is 9.61. The predicted molar refractivity (Wildman–Crippen MR) is 74.4 cm³/mol. The summed E-state index contributed by atoms with van der Waals surface area (Å²) < 4.78 is 0. The van der Waals surface area contributed by atoms with Crippen LogP contribution in [0.1, 0.15) is 63.9 Å². The monoisotopic (exact) mass is 376 g/mol. The zero-order valence-electron chi connectivity index (χ0n) is 11.6. The normalized spacial score (nSPS) is 10.1. The van der Waals surface area contributed by atoms with Crippen molar-refractivity contribution < 1.29 is 45.9 Å². The van der Waals surface area contributed by atoms with Gasteiger partial charge in [0, 0.05) is 40.8 Å². The van der Waals surface area contributed by atoms with E-state index in [1.807, 2.05) is 18.2 Å². The van der Waals surface area contributed by atoms with Gasteiger partial charge in [0.1, 0.15) is 5.75 Å². The molecule has 0 unspecified atom stereocenters. The summed E-state index contributed by atoms with van der Waals surface area (Å²) in [7, 11) is 0. The van der Waals surface area contributed by atoms with Gasteiger partial charge in [0.2, 0.25) is 0 Å². The van der Waals surface area contributed by atoms with Crippen molar-refractivity contribution >= 4 is 0 Å². The molecule has 1 aromatic carbocycles. The van der Waals surface area contributed by atoms with E-state index in [0.717, 1.165) is 12.0 Å². The van der Waals surface area contributed by atoms with E-state index in [0.29, 0.717) is 5.75 Å². The Bertz CT molecular complexity index is 299. The molecule has 1 rings (SSSR count). The molecule has 18 heavy (non-hydrogen) atoms. The number of aryl methyl sites for hydroxylation is 1. The third-order valence-electron chi connectivity index (χ3n) is 3.29. The summed E-state index contributed by atoms with van der Waals surface area (Å²) in [6, 6.07) is 7.68. The Hall–Kier alpha value is 0.371. The Labute approximate surface area is 145 Å². The Morgan fingerprint density at radius 1 is 0.833 bits per heavy atom. The van der Waals surface area contributed by atoms with Crippen LogP contribution in [0.4, 0.5) is 0 Å². The molecule has 0 radical (unpaired) electrons. The molecule has 100 valence electrons. The topological polar surface area (TPSA) is 20.2 Å². The summed E-state index contributed by atoms with van der Waals surface area (Å²) >= 11 is 0. The van der Waals surface area contributed by atoms with Crippen molar-refractivity contribution in [3.8, 4) is 5.75 Å². The van der Waals surface area contributed by atoms with Crippen molar-refractivity contribution in [1.82, 2.24) is 0 Å². The first-order valence-corrected chi connectivity index (χ1v) is 7.11. The molecule has 0 heterocycles. The molecule has 2 heteroatoms. The second-order valence-electron chi connectivity index (χ2n) is 4.85. The van der Waals surface area contributed by atoms with Gasteiger partial charge in [-0.1, -0.05) is 70.1 Å². The van der Waals surface area contributed by atoms with Crippen LogP contribution >= 0.6 is 0 Å². The summed E-state index contributed by atoms with van der Waals surface area (Å²) in [6.07, 6.45) is 11.7. The van der Waals surface area contributed by atoms with Crippen molar-refractivity contribution in [3.05, 3.63) is 29.8 Å². The van der Waals surface area contributed by atoms with Gasteiger partial charge in [0.15, 0.2) is 0 Å². The van der Waals surface area contributed by atoms with Crippen molar-refractivity contribution in [2.45, 2.75) is 64.7 Å². The number of hydrogen-bond donors (Lipinski definition) is 1. The number of para-hydroxylation sites is 1. The molecular weight excluding hydrogens is 352 g/mol. The first kappa shape index (κ1) is 18.4. The van der Waals surface area contributed by atoms with Gasteiger partial charge in [-0.3, -0.25) is 0 Å². The van der Waals surface area contributed by atoms with Crippen molar-refractivity contribution in [2.75, 3.05) is 0 Å². The van der Waals surface area contributed by atoms with Crippen LogP contribution in [-0.2, 0) is 6.42 Å². The van der Waals surface area contributed by atoms with Crippen LogP contribution in [0.15, 0.2) is 24.3 Å². The minimum Gasteiger partial charge on any atom is -0.508 e. The van der Waals surface area contributed by atoms with Crippen LogP contribution in [0.3, 0.4) is 0 Å². The van der Waals surface area contributed by atoms with Crippen LogP contribution in [0.2, 0.25) is 0 Å². The van der Waals surface area contributed by atoms with Gasteiger partial charge in [-0.25, -0.2) is 0 Å². The molecule has 0 spiro atoms. The smallest absolute Gasteiger partial charge is 0.118 e. The predicted octanol–water partition coefficient (Wildman–Crippen LogP) is 5.08. The third-order valence-corrected chi connectivity index (χ3v) is 3.29. The largest absolute Gasteiger partial charge is 0.508 e. The number of phenolic OH excluding ortho intramolecular Hbond substituents is 1. The summed E-state index contributed by atoms with van der Waals surface area (Å²) in [5.74, 6) is 0.454. The molecule has 0 saturated heterocycles. The minimum absolute atomic E-state index is 0. The van der Waals surface area contributed by atoms with Crippen LogP contribution in [-0.4, -0.2) is 5.11 Å². The van der Waals surface area contributed by atoms with Gasteiger partial charge >= 0.3 is 0 Å². The van der Waals surface area contributed by atoms with Crippen LogP contribution in [0, 0.1) is 40.8 Å². The molecule has 0 atom stereocenters. The zero-order chi connectivity index (χ0) is 12.3. The standard InChI is InChI=1S/C16H26O.Nd/c1-2-3-4-5-6-7-8-9-12-15-13-10-11-14-16(15)17;/h10-11,13-14,17H,2-9,12H2,1H3;. The number of phenols is 1. The van der Waals surface area contributed by atoms with Crippen molar-refractivity contribution in [1.29, 1.82) is 0 Å². The number of benzene rings is 1. The Morgan fingerprint density at radius 3 is 2.00 bits per heavy atom. The minimum atomic E-state index is 0. The molecule has 0 saturated carbocycles. The third kappa shape index (κ3) is 8.47. The molecule has 1 N–H and O–H groups in total. The summed E-state index contributed by atoms with van der Waals surface area (Å²) in [6.45, 7) is 2.26. The van der Waals surface area contributed by atoms with E-state index < -0.39 is 0 Å². The van der Waals surface area contributed by atoms with E-state index in [1.165, 1.54) is 51.4 Å². The van der Waals surface area contributed by atoms with Gasteiger partial charge in [-0.05, 0) is 24.5 Å². The maximum Gasteiger partial charge on any atom is 0.118 e. The molecular formula is C16H26NdO. The van der Waals surface area contributed by atoms with Gasteiger partial charge in [0.25, 0.3) is 0 Å². The Balaban J connectivity index is 0.00000289. The van der Waals surface area contributed by atoms with E-state index in [-0.39, 0.29) is 40.8 Å². The number of aromatic hydroxyl groups is 1. The van der Waals surface area contributed by atoms with Gasteiger partial charge in [-0.15, -0.1) is 0 Å². The molecule has 0 aromatic heterocycles.